The highest BCUT2D eigenvalue weighted by Gasteiger charge is 2.38. The third-order valence-electron chi connectivity index (χ3n) is 4.15. The molecule has 0 aromatic heterocycles. The summed E-state index contributed by atoms with van der Waals surface area (Å²) in [5.41, 5.74) is 2.58. The van der Waals surface area contributed by atoms with Crippen LogP contribution in [0.25, 0.3) is 0 Å². The van der Waals surface area contributed by atoms with Crippen molar-refractivity contribution in [1.29, 1.82) is 0 Å². The summed E-state index contributed by atoms with van der Waals surface area (Å²) in [4.78, 5) is 26.3. The van der Waals surface area contributed by atoms with Crippen LogP contribution >= 0.6 is 34.2 Å². The van der Waals surface area contributed by atoms with Crippen molar-refractivity contribution in [3.05, 3.63) is 68.4 Å². The number of benzene rings is 2. The second-order valence-corrected chi connectivity index (χ2v) is 7.66. The van der Waals surface area contributed by atoms with Gasteiger partial charge in [-0.15, -0.1) is 0 Å². The lowest BCUT2D eigenvalue weighted by Gasteiger charge is -2.15. The normalized spacial score (nSPS) is 14.3. The summed E-state index contributed by atoms with van der Waals surface area (Å²) in [6.45, 7) is 2.16. The Kier molecular flexibility index (Phi) is 5.98. The minimum absolute atomic E-state index is 0.0939. The van der Waals surface area contributed by atoms with Crippen LogP contribution in [0.1, 0.15) is 25.3 Å². The van der Waals surface area contributed by atoms with E-state index in [1.165, 1.54) is 5.56 Å². The first-order chi connectivity index (χ1) is 12.5. The number of rotatable bonds is 6. The van der Waals surface area contributed by atoms with E-state index in [4.69, 9.17) is 11.6 Å². The van der Waals surface area contributed by atoms with Crippen molar-refractivity contribution in [2.45, 2.75) is 26.2 Å². The number of hydrogen-bond acceptors (Lipinski definition) is 3. The predicted molar refractivity (Wildman–Crippen MR) is 113 cm³/mol. The average Bonchev–Trinajstić information content (AvgIpc) is 2.85. The zero-order valence-electron chi connectivity index (χ0n) is 14.3. The van der Waals surface area contributed by atoms with Gasteiger partial charge in [0, 0.05) is 9.26 Å². The van der Waals surface area contributed by atoms with E-state index in [0.29, 0.717) is 5.69 Å². The maximum Gasteiger partial charge on any atom is 0.283 e. The van der Waals surface area contributed by atoms with E-state index in [0.717, 1.165) is 33.4 Å². The van der Waals surface area contributed by atoms with E-state index >= 15 is 0 Å². The topological polar surface area (TPSA) is 49.4 Å². The summed E-state index contributed by atoms with van der Waals surface area (Å²) in [6.07, 6.45) is 3.31. The molecule has 0 fully saturated rings. The Morgan fingerprint density at radius 2 is 1.65 bits per heavy atom. The first-order valence-corrected chi connectivity index (χ1v) is 9.87. The van der Waals surface area contributed by atoms with Crippen LogP contribution in [0.3, 0.4) is 0 Å². The third-order valence-corrected chi connectivity index (χ3v) is 5.22. The molecule has 0 unspecified atom stereocenters. The molecule has 4 nitrogen and oxygen atoms in total. The van der Waals surface area contributed by atoms with Gasteiger partial charge in [-0.25, -0.2) is 4.90 Å². The van der Waals surface area contributed by atoms with Gasteiger partial charge in [0.2, 0.25) is 0 Å². The van der Waals surface area contributed by atoms with Crippen LogP contribution in [-0.2, 0) is 16.0 Å². The number of unbranched alkanes of at least 4 members (excludes halogenated alkanes) is 1. The lowest BCUT2D eigenvalue weighted by atomic mass is 10.1. The molecular formula is C20H18ClIN2O2. The van der Waals surface area contributed by atoms with Crippen molar-refractivity contribution in [2.75, 3.05) is 10.2 Å². The second-order valence-electron chi connectivity index (χ2n) is 6.04. The fraction of sp³-hybridized carbons (Fsp3) is 0.200. The van der Waals surface area contributed by atoms with Crippen molar-refractivity contribution in [3.63, 3.8) is 0 Å². The van der Waals surface area contributed by atoms with Crippen molar-refractivity contribution in [3.8, 4) is 0 Å². The Morgan fingerprint density at radius 1 is 1.00 bits per heavy atom. The standard InChI is InChI=1S/C20H18ClIN2O2/c1-2-3-4-13-5-9-15(10-6-13)23-18-17(21)19(25)24(20(18)26)16-11-7-14(22)8-12-16/h5-12,23H,2-4H2,1H3. The first kappa shape index (κ1) is 18.9. The third kappa shape index (κ3) is 3.94. The highest BCUT2D eigenvalue weighted by atomic mass is 127. The SMILES string of the molecule is CCCCc1ccc(NC2=C(Cl)C(=O)N(c3ccc(I)cc3)C2=O)cc1. The molecule has 134 valence electrons. The fourth-order valence-corrected chi connectivity index (χ4v) is 3.29. The number of amides is 2. The van der Waals surface area contributed by atoms with E-state index in [1.54, 1.807) is 12.1 Å². The van der Waals surface area contributed by atoms with Crippen molar-refractivity contribution in [2.24, 2.45) is 0 Å². The predicted octanol–water partition coefficient (Wildman–Crippen LogP) is 5.07. The van der Waals surface area contributed by atoms with E-state index < -0.39 is 11.8 Å². The highest BCUT2D eigenvalue weighted by Crippen LogP contribution is 2.30. The number of anilines is 2. The largest absolute Gasteiger partial charge is 0.350 e. The molecule has 1 aliphatic heterocycles. The number of carbonyl (C=O) groups is 2. The lowest BCUT2D eigenvalue weighted by molar-refractivity contribution is -0.120. The zero-order chi connectivity index (χ0) is 18.7. The van der Waals surface area contributed by atoms with Gasteiger partial charge in [-0.2, -0.15) is 0 Å². The molecule has 0 aliphatic carbocycles. The molecule has 1 N–H and O–H groups in total. The summed E-state index contributed by atoms with van der Waals surface area (Å²) < 4.78 is 1.02. The van der Waals surface area contributed by atoms with Crippen molar-refractivity contribution in [1.82, 2.24) is 0 Å². The van der Waals surface area contributed by atoms with Gasteiger partial charge in [-0.05, 0) is 77.4 Å². The van der Waals surface area contributed by atoms with Gasteiger partial charge in [0.05, 0.1) is 5.69 Å². The maximum atomic E-state index is 12.7. The number of halogens is 2. The number of imide groups is 1. The minimum Gasteiger partial charge on any atom is -0.350 e. The van der Waals surface area contributed by atoms with E-state index in [2.05, 4.69) is 34.8 Å². The molecule has 2 amide bonds. The van der Waals surface area contributed by atoms with E-state index in [9.17, 15) is 9.59 Å². The van der Waals surface area contributed by atoms with Gasteiger partial charge >= 0.3 is 0 Å². The molecule has 6 heteroatoms. The smallest absolute Gasteiger partial charge is 0.283 e. The highest BCUT2D eigenvalue weighted by molar-refractivity contribution is 14.1. The number of nitrogens with one attached hydrogen (secondary N) is 1. The lowest BCUT2D eigenvalue weighted by Crippen LogP contribution is -2.32. The van der Waals surface area contributed by atoms with Gasteiger partial charge in [0.25, 0.3) is 11.8 Å². The van der Waals surface area contributed by atoms with Crippen LogP contribution in [0.4, 0.5) is 11.4 Å². The van der Waals surface area contributed by atoms with Gasteiger partial charge in [0.1, 0.15) is 10.7 Å². The molecule has 0 saturated carbocycles. The van der Waals surface area contributed by atoms with Crippen LogP contribution in [0.5, 0.6) is 0 Å². The molecular weight excluding hydrogens is 463 g/mol. The van der Waals surface area contributed by atoms with Gasteiger partial charge in [-0.1, -0.05) is 37.1 Å². The Hall–Kier alpha value is -1.86. The Morgan fingerprint density at radius 3 is 2.27 bits per heavy atom. The summed E-state index contributed by atoms with van der Waals surface area (Å²) in [7, 11) is 0. The van der Waals surface area contributed by atoms with Crippen LogP contribution in [-0.4, -0.2) is 11.8 Å². The fourth-order valence-electron chi connectivity index (χ4n) is 2.72. The molecule has 26 heavy (non-hydrogen) atoms. The molecule has 1 heterocycles. The molecule has 3 rings (SSSR count). The monoisotopic (exact) mass is 480 g/mol. The summed E-state index contributed by atoms with van der Waals surface area (Å²) >= 11 is 8.32. The second kappa shape index (κ2) is 8.22. The van der Waals surface area contributed by atoms with Crippen LogP contribution in [0, 0.1) is 3.57 Å². The molecule has 2 aromatic carbocycles. The first-order valence-electron chi connectivity index (χ1n) is 8.41. The molecule has 1 aliphatic rings. The van der Waals surface area contributed by atoms with Gasteiger partial charge in [-0.3, -0.25) is 9.59 Å². The van der Waals surface area contributed by atoms with Crippen molar-refractivity contribution < 1.29 is 9.59 Å². The average molecular weight is 481 g/mol. The maximum absolute atomic E-state index is 12.7. The number of hydrogen-bond donors (Lipinski definition) is 1. The minimum atomic E-state index is -0.514. The summed E-state index contributed by atoms with van der Waals surface area (Å²) in [6, 6.07) is 15.0. The summed E-state index contributed by atoms with van der Waals surface area (Å²) in [5, 5.41) is 2.91. The Labute approximate surface area is 171 Å². The number of aryl methyl sites for hydroxylation is 1. The molecule has 0 atom stereocenters. The van der Waals surface area contributed by atoms with Gasteiger partial charge in [0.15, 0.2) is 0 Å². The van der Waals surface area contributed by atoms with Crippen LogP contribution < -0.4 is 10.2 Å². The van der Waals surface area contributed by atoms with Crippen molar-refractivity contribution >= 4 is 57.4 Å². The quantitative estimate of drug-likeness (QED) is 0.464. The molecule has 2 aromatic rings. The number of carbonyl (C=O) groups excluding carboxylic acids is 2. The zero-order valence-corrected chi connectivity index (χ0v) is 17.2. The molecule has 0 radical (unpaired) electrons. The van der Waals surface area contributed by atoms with E-state index in [1.807, 2.05) is 36.4 Å². The molecule has 0 saturated heterocycles. The molecule has 0 bridgehead atoms. The Balaban J connectivity index is 1.78. The summed E-state index contributed by atoms with van der Waals surface area (Å²) in [5.74, 6) is -0.962. The van der Waals surface area contributed by atoms with Gasteiger partial charge < -0.3 is 5.32 Å². The number of nitrogens with zero attached hydrogens (tertiary/aromatic N) is 1. The van der Waals surface area contributed by atoms with E-state index in [-0.39, 0.29) is 10.7 Å². The van der Waals surface area contributed by atoms with Crippen LogP contribution in [0.15, 0.2) is 59.3 Å². The van der Waals surface area contributed by atoms with Crippen LogP contribution in [0.2, 0.25) is 0 Å². The Bertz CT molecular complexity index is 860. The molecule has 0 spiro atoms.